The fourth-order valence-corrected chi connectivity index (χ4v) is 2.28. The summed E-state index contributed by atoms with van der Waals surface area (Å²) in [7, 11) is 0. The summed E-state index contributed by atoms with van der Waals surface area (Å²) in [4.78, 5) is 12.0. The molecule has 0 bridgehead atoms. The van der Waals surface area contributed by atoms with Crippen molar-refractivity contribution < 1.29 is 14.3 Å². The van der Waals surface area contributed by atoms with Crippen molar-refractivity contribution in [2.24, 2.45) is 5.92 Å². The lowest BCUT2D eigenvalue weighted by Crippen LogP contribution is -2.33. The molecule has 2 N–H and O–H groups in total. The maximum absolute atomic E-state index is 12.0. The lowest BCUT2D eigenvalue weighted by atomic mass is 10.0. The van der Waals surface area contributed by atoms with Crippen molar-refractivity contribution in [2.75, 3.05) is 6.54 Å². The summed E-state index contributed by atoms with van der Waals surface area (Å²) in [5.41, 5.74) is 1.01. The van der Waals surface area contributed by atoms with Gasteiger partial charge >= 0.3 is 0 Å². The molecular weight excluding hydrogens is 290 g/mol. The molecule has 0 radical (unpaired) electrons. The van der Waals surface area contributed by atoms with Gasteiger partial charge in [0.05, 0.1) is 12.8 Å². The van der Waals surface area contributed by atoms with Gasteiger partial charge in [-0.25, -0.2) is 0 Å². The van der Waals surface area contributed by atoms with Gasteiger partial charge in [-0.15, -0.1) is 0 Å². The summed E-state index contributed by atoms with van der Waals surface area (Å²) >= 11 is 5.92. The second-order valence-corrected chi connectivity index (χ2v) is 5.45. The molecule has 112 valence electrons. The number of aliphatic hydroxyl groups is 1. The van der Waals surface area contributed by atoms with Gasteiger partial charge in [-0.2, -0.15) is 0 Å². The largest absolute Gasteiger partial charge is 0.467 e. The number of halogens is 1. The molecule has 2 atom stereocenters. The van der Waals surface area contributed by atoms with Crippen molar-refractivity contribution in [3.05, 3.63) is 59.0 Å². The van der Waals surface area contributed by atoms with Gasteiger partial charge in [-0.3, -0.25) is 4.79 Å². The first-order valence-electron chi connectivity index (χ1n) is 6.80. The zero-order chi connectivity index (χ0) is 15.2. The summed E-state index contributed by atoms with van der Waals surface area (Å²) in [6.45, 7) is 1.97. The van der Waals surface area contributed by atoms with Crippen LogP contribution >= 0.6 is 11.6 Å². The maximum Gasteiger partial charge on any atom is 0.223 e. The average molecular weight is 308 g/mol. The summed E-state index contributed by atoms with van der Waals surface area (Å²) < 4.78 is 5.08. The SMILES string of the molecule is CC(Cc1cccc(Cl)c1)C(=O)NCC(O)c1ccco1. The minimum Gasteiger partial charge on any atom is -0.467 e. The number of aliphatic hydroxyl groups excluding tert-OH is 1. The molecule has 0 aliphatic rings. The van der Waals surface area contributed by atoms with Crippen LogP contribution in [-0.4, -0.2) is 17.6 Å². The first-order chi connectivity index (χ1) is 10.1. The standard InChI is InChI=1S/C16H18ClNO3/c1-11(8-12-4-2-5-13(17)9-12)16(20)18-10-14(19)15-6-3-7-21-15/h2-7,9,11,14,19H,8,10H2,1H3,(H,18,20). The maximum atomic E-state index is 12.0. The van der Waals surface area contributed by atoms with Crippen LogP contribution in [0.1, 0.15) is 24.4 Å². The van der Waals surface area contributed by atoms with E-state index in [2.05, 4.69) is 5.32 Å². The van der Waals surface area contributed by atoms with E-state index in [0.29, 0.717) is 17.2 Å². The number of benzene rings is 1. The van der Waals surface area contributed by atoms with Crippen molar-refractivity contribution in [3.8, 4) is 0 Å². The van der Waals surface area contributed by atoms with Gasteiger partial charge in [0.15, 0.2) is 0 Å². The van der Waals surface area contributed by atoms with Crippen LogP contribution in [0.25, 0.3) is 0 Å². The second kappa shape index (κ2) is 7.29. The molecule has 0 aliphatic heterocycles. The predicted octanol–water partition coefficient (Wildman–Crippen LogP) is 2.96. The molecule has 2 rings (SSSR count). The van der Waals surface area contributed by atoms with Gasteiger partial charge in [0, 0.05) is 10.9 Å². The van der Waals surface area contributed by atoms with Crippen LogP contribution in [0.5, 0.6) is 0 Å². The Morgan fingerprint density at radius 1 is 1.38 bits per heavy atom. The third-order valence-corrected chi connectivity index (χ3v) is 3.45. The minimum atomic E-state index is -0.831. The highest BCUT2D eigenvalue weighted by molar-refractivity contribution is 6.30. The molecule has 1 heterocycles. The number of furan rings is 1. The summed E-state index contributed by atoms with van der Waals surface area (Å²) in [6.07, 6.45) is 1.26. The Morgan fingerprint density at radius 2 is 2.19 bits per heavy atom. The molecule has 0 spiro atoms. The summed E-state index contributed by atoms with van der Waals surface area (Å²) in [5, 5.41) is 13.2. The summed E-state index contributed by atoms with van der Waals surface area (Å²) in [5.74, 6) is 0.130. The molecule has 1 aromatic heterocycles. The van der Waals surface area contributed by atoms with Crippen molar-refractivity contribution in [2.45, 2.75) is 19.4 Å². The first-order valence-corrected chi connectivity index (χ1v) is 7.17. The topological polar surface area (TPSA) is 62.5 Å². The molecule has 0 saturated heterocycles. The highest BCUT2D eigenvalue weighted by atomic mass is 35.5. The highest BCUT2D eigenvalue weighted by Gasteiger charge is 2.16. The van der Waals surface area contributed by atoms with Crippen LogP contribution in [0.2, 0.25) is 5.02 Å². The van der Waals surface area contributed by atoms with E-state index in [4.69, 9.17) is 16.0 Å². The van der Waals surface area contributed by atoms with E-state index in [1.165, 1.54) is 6.26 Å². The molecule has 0 fully saturated rings. The number of rotatable bonds is 6. The van der Waals surface area contributed by atoms with Crippen LogP contribution in [0.15, 0.2) is 47.1 Å². The quantitative estimate of drug-likeness (QED) is 0.862. The van der Waals surface area contributed by atoms with Crippen LogP contribution in [0, 0.1) is 5.92 Å². The van der Waals surface area contributed by atoms with Gasteiger partial charge in [-0.05, 0) is 36.2 Å². The van der Waals surface area contributed by atoms with Crippen molar-refractivity contribution in [3.63, 3.8) is 0 Å². The predicted molar refractivity (Wildman–Crippen MR) is 81.0 cm³/mol. The van der Waals surface area contributed by atoms with Crippen molar-refractivity contribution in [1.82, 2.24) is 5.32 Å². The molecule has 21 heavy (non-hydrogen) atoms. The first kappa shape index (κ1) is 15.6. The average Bonchev–Trinajstić information content (AvgIpc) is 2.98. The molecule has 4 nitrogen and oxygen atoms in total. The molecule has 0 aliphatic carbocycles. The van der Waals surface area contributed by atoms with E-state index < -0.39 is 6.10 Å². The van der Waals surface area contributed by atoms with Gasteiger partial charge in [-0.1, -0.05) is 30.7 Å². The molecule has 2 unspecified atom stereocenters. The lowest BCUT2D eigenvalue weighted by molar-refractivity contribution is -0.125. The smallest absolute Gasteiger partial charge is 0.223 e. The molecule has 1 amide bonds. The monoisotopic (exact) mass is 307 g/mol. The van der Waals surface area contributed by atoms with E-state index in [1.54, 1.807) is 18.2 Å². The molecule has 1 aromatic carbocycles. The van der Waals surface area contributed by atoms with E-state index in [-0.39, 0.29) is 18.4 Å². The number of carbonyl (C=O) groups is 1. The normalized spacial score (nSPS) is 13.7. The Hall–Kier alpha value is -1.78. The Morgan fingerprint density at radius 3 is 2.86 bits per heavy atom. The Balaban J connectivity index is 1.82. The zero-order valence-corrected chi connectivity index (χ0v) is 12.5. The number of nitrogens with one attached hydrogen (secondary N) is 1. The van der Waals surface area contributed by atoms with Crippen LogP contribution in [0.4, 0.5) is 0 Å². The summed E-state index contributed by atoms with van der Waals surface area (Å²) in [6, 6.07) is 10.8. The highest BCUT2D eigenvalue weighted by Crippen LogP contribution is 2.15. The van der Waals surface area contributed by atoms with Crippen LogP contribution in [-0.2, 0) is 11.2 Å². The van der Waals surface area contributed by atoms with E-state index >= 15 is 0 Å². The fraction of sp³-hybridized carbons (Fsp3) is 0.312. The fourth-order valence-electron chi connectivity index (χ4n) is 2.06. The third-order valence-electron chi connectivity index (χ3n) is 3.22. The van der Waals surface area contributed by atoms with Gasteiger partial charge < -0.3 is 14.8 Å². The Labute approximate surface area is 128 Å². The lowest BCUT2D eigenvalue weighted by Gasteiger charge is -2.14. The number of amides is 1. The zero-order valence-electron chi connectivity index (χ0n) is 11.8. The minimum absolute atomic E-state index is 0.111. The van der Waals surface area contributed by atoms with Crippen LogP contribution in [0.3, 0.4) is 0 Å². The molecular formula is C16H18ClNO3. The van der Waals surface area contributed by atoms with E-state index in [1.807, 2.05) is 25.1 Å². The number of carbonyl (C=O) groups excluding carboxylic acids is 1. The van der Waals surface area contributed by atoms with Gasteiger partial charge in [0.1, 0.15) is 11.9 Å². The Kier molecular flexibility index (Phi) is 5.42. The van der Waals surface area contributed by atoms with E-state index in [9.17, 15) is 9.90 Å². The third kappa shape index (κ3) is 4.62. The van der Waals surface area contributed by atoms with E-state index in [0.717, 1.165) is 5.56 Å². The van der Waals surface area contributed by atoms with Gasteiger partial charge in [0.25, 0.3) is 0 Å². The molecule has 5 heteroatoms. The Bertz CT molecular complexity index is 583. The molecule has 0 saturated carbocycles. The van der Waals surface area contributed by atoms with Crippen molar-refractivity contribution in [1.29, 1.82) is 0 Å². The van der Waals surface area contributed by atoms with Crippen LogP contribution < -0.4 is 5.32 Å². The molecule has 2 aromatic rings. The number of hydrogen-bond donors (Lipinski definition) is 2. The van der Waals surface area contributed by atoms with Crippen molar-refractivity contribution >= 4 is 17.5 Å². The number of hydrogen-bond acceptors (Lipinski definition) is 3. The van der Waals surface area contributed by atoms with Gasteiger partial charge in [0.2, 0.25) is 5.91 Å². The second-order valence-electron chi connectivity index (χ2n) is 5.01.